The lowest BCUT2D eigenvalue weighted by Gasteiger charge is -2.38. The van der Waals surface area contributed by atoms with Gasteiger partial charge in [0.25, 0.3) is 0 Å². The third kappa shape index (κ3) is 4.31. The number of rotatable bonds is 5. The van der Waals surface area contributed by atoms with Gasteiger partial charge in [0.1, 0.15) is 5.75 Å². The molecule has 0 aliphatic rings. The van der Waals surface area contributed by atoms with Crippen LogP contribution in [0.3, 0.4) is 0 Å². The van der Waals surface area contributed by atoms with Gasteiger partial charge in [0.05, 0.1) is 14.2 Å². The number of carbonyl (C=O) groups is 1. The van der Waals surface area contributed by atoms with Crippen molar-refractivity contribution in [3.05, 3.63) is 29.8 Å². The molecule has 4 nitrogen and oxygen atoms in total. The molecule has 0 saturated heterocycles. The maximum Gasteiger partial charge on any atom is 0.338 e. The highest BCUT2D eigenvalue weighted by molar-refractivity contribution is 6.74. The molecule has 1 unspecified atom stereocenters. The third-order valence-corrected chi connectivity index (χ3v) is 8.49. The summed E-state index contributed by atoms with van der Waals surface area (Å²) in [5.41, 5.74) is 0.785. The quantitative estimate of drug-likeness (QED) is 0.610. The minimum Gasteiger partial charge on any atom is -0.497 e. The first-order valence-electron chi connectivity index (χ1n) is 7.02. The van der Waals surface area contributed by atoms with E-state index < -0.39 is 14.4 Å². The van der Waals surface area contributed by atoms with Crippen LogP contribution >= 0.6 is 0 Å². The van der Waals surface area contributed by atoms with Gasteiger partial charge in [-0.05, 0) is 35.8 Å². The average molecular weight is 310 g/mol. The van der Waals surface area contributed by atoms with Gasteiger partial charge in [-0.1, -0.05) is 32.9 Å². The Balaban J connectivity index is 3.09. The minimum absolute atomic E-state index is 0.0196. The minimum atomic E-state index is -2.08. The molecule has 21 heavy (non-hydrogen) atoms. The van der Waals surface area contributed by atoms with Crippen LogP contribution in [0.25, 0.3) is 0 Å². The molecule has 1 rings (SSSR count). The summed E-state index contributed by atoms with van der Waals surface area (Å²) in [5.74, 6) is 0.375. The lowest BCUT2D eigenvalue weighted by molar-refractivity contribution is -0.149. The second-order valence-electron chi connectivity index (χ2n) is 6.55. The van der Waals surface area contributed by atoms with Crippen LogP contribution in [0.1, 0.15) is 32.4 Å². The molecule has 1 aromatic rings. The topological polar surface area (TPSA) is 44.8 Å². The molecule has 0 bridgehead atoms. The van der Waals surface area contributed by atoms with E-state index in [9.17, 15) is 4.79 Å². The second-order valence-corrected chi connectivity index (χ2v) is 11.3. The molecule has 0 radical (unpaired) electrons. The molecule has 0 saturated carbocycles. The molecule has 0 N–H and O–H groups in total. The molecule has 0 spiro atoms. The van der Waals surface area contributed by atoms with Gasteiger partial charge in [-0.15, -0.1) is 0 Å². The predicted octanol–water partition coefficient (Wildman–Crippen LogP) is 3.93. The Morgan fingerprint density at radius 1 is 1.10 bits per heavy atom. The smallest absolute Gasteiger partial charge is 0.338 e. The van der Waals surface area contributed by atoms with Crippen molar-refractivity contribution in [1.82, 2.24) is 0 Å². The maximum atomic E-state index is 12.1. The SMILES string of the molecule is COC(=O)C(O[Si](C)(C)C(C)(C)C)c1ccc(OC)cc1. The number of hydrogen-bond donors (Lipinski definition) is 0. The largest absolute Gasteiger partial charge is 0.497 e. The molecule has 0 aliphatic carbocycles. The van der Waals surface area contributed by atoms with E-state index in [2.05, 4.69) is 33.9 Å². The van der Waals surface area contributed by atoms with Crippen molar-refractivity contribution in [3.63, 3.8) is 0 Å². The highest BCUT2D eigenvalue weighted by atomic mass is 28.4. The molecule has 118 valence electrons. The van der Waals surface area contributed by atoms with Gasteiger partial charge in [0, 0.05) is 0 Å². The number of ether oxygens (including phenoxy) is 2. The van der Waals surface area contributed by atoms with Crippen LogP contribution in [0, 0.1) is 0 Å². The number of esters is 1. The molecule has 5 heteroatoms. The van der Waals surface area contributed by atoms with Crippen molar-refractivity contribution in [2.45, 2.75) is 45.0 Å². The van der Waals surface area contributed by atoms with E-state index in [-0.39, 0.29) is 11.0 Å². The van der Waals surface area contributed by atoms with Crippen LogP contribution in [0.2, 0.25) is 18.1 Å². The zero-order valence-corrected chi connectivity index (χ0v) is 15.0. The summed E-state index contributed by atoms with van der Waals surface area (Å²) in [6.45, 7) is 10.7. The maximum absolute atomic E-state index is 12.1. The molecule has 1 atom stereocenters. The van der Waals surface area contributed by atoms with E-state index in [1.54, 1.807) is 7.11 Å². The van der Waals surface area contributed by atoms with Gasteiger partial charge in [-0.25, -0.2) is 4.79 Å². The lowest BCUT2D eigenvalue weighted by Crippen LogP contribution is -2.43. The zero-order chi connectivity index (χ0) is 16.3. The Hall–Kier alpha value is -1.33. The van der Waals surface area contributed by atoms with Crippen molar-refractivity contribution < 1.29 is 18.7 Å². The highest BCUT2D eigenvalue weighted by Crippen LogP contribution is 2.40. The fourth-order valence-electron chi connectivity index (χ4n) is 1.61. The monoisotopic (exact) mass is 310 g/mol. The van der Waals surface area contributed by atoms with Crippen LogP contribution < -0.4 is 4.74 Å². The molecule has 0 amide bonds. The molecular weight excluding hydrogens is 284 g/mol. The third-order valence-electron chi connectivity index (χ3n) is 4.05. The van der Waals surface area contributed by atoms with Crippen LogP contribution in [0.5, 0.6) is 5.75 Å². The van der Waals surface area contributed by atoms with Crippen molar-refractivity contribution in [1.29, 1.82) is 0 Å². The lowest BCUT2D eigenvalue weighted by atomic mass is 10.1. The van der Waals surface area contributed by atoms with Crippen LogP contribution in [0.4, 0.5) is 0 Å². The van der Waals surface area contributed by atoms with Crippen molar-refractivity contribution in [2.24, 2.45) is 0 Å². The van der Waals surface area contributed by atoms with Crippen LogP contribution in [0.15, 0.2) is 24.3 Å². The number of benzene rings is 1. The van der Waals surface area contributed by atoms with Gasteiger partial charge in [0.15, 0.2) is 14.4 Å². The van der Waals surface area contributed by atoms with Crippen molar-refractivity contribution >= 4 is 14.3 Å². The molecule has 0 heterocycles. The van der Waals surface area contributed by atoms with Gasteiger partial charge < -0.3 is 13.9 Å². The first-order chi connectivity index (χ1) is 9.62. The van der Waals surface area contributed by atoms with E-state index in [1.165, 1.54) is 7.11 Å². The van der Waals surface area contributed by atoms with E-state index in [0.717, 1.165) is 11.3 Å². The summed E-state index contributed by atoms with van der Waals surface area (Å²) in [4.78, 5) is 12.1. The first kappa shape index (κ1) is 17.7. The fraction of sp³-hybridized carbons (Fsp3) is 0.562. The average Bonchev–Trinajstić information content (AvgIpc) is 2.43. The van der Waals surface area contributed by atoms with Crippen LogP contribution in [-0.4, -0.2) is 28.5 Å². The van der Waals surface area contributed by atoms with E-state index in [4.69, 9.17) is 13.9 Å². The Morgan fingerprint density at radius 3 is 2.00 bits per heavy atom. The Bertz CT molecular complexity index is 474. The summed E-state index contributed by atoms with van der Waals surface area (Å²) < 4.78 is 16.3. The number of hydrogen-bond acceptors (Lipinski definition) is 4. The van der Waals surface area contributed by atoms with Gasteiger partial charge in [0.2, 0.25) is 0 Å². The standard InChI is InChI=1S/C16H26O4Si/c1-16(2,3)21(6,7)20-14(15(17)19-5)12-8-10-13(18-4)11-9-12/h8-11,14H,1-7H3. The van der Waals surface area contributed by atoms with Crippen molar-refractivity contribution in [2.75, 3.05) is 14.2 Å². The Labute approximate surface area is 128 Å². The predicted molar refractivity (Wildman–Crippen MR) is 86.0 cm³/mol. The summed E-state index contributed by atoms with van der Waals surface area (Å²) >= 11 is 0. The number of methoxy groups -OCH3 is 2. The summed E-state index contributed by atoms with van der Waals surface area (Å²) in [6.07, 6.45) is -0.693. The highest BCUT2D eigenvalue weighted by Gasteiger charge is 2.41. The zero-order valence-electron chi connectivity index (χ0n) is 14.0. The Morgan fingerprint density at radius 2 is 1.62 bits per heavy atom. The molecule has 1 aromatic carbocycles. The van der Waals surface area contributed by atoms with Gasteiger partial charge in [-0.3, -0.25) is 0 Å². The normalized spacial score (nSPS) is 13.7. The van der Waals surface area contributed by atoms with Crippen molar-refractivity contribution in [3.8, 4) is 5.75 Å². The molecule has 0 aromatic heterocycles. The summed E-state index contributed by atoms with van der Waals surface area (Å²) in [5, 5.41) is 0.0196. The van der Waals surface area contributed by atoms with Gasteiger partial charge >= 0.3 is 5.97 Å². The number of carbonyl (C=O) groups excluding carboxylic acids is 1. The van der Waals surface area contributed by atoms with Crippen LogP contribution in [-0.2, 0) is 14.0 Å². The first-order valence-corrected chi connectivity index (χ1v) is 9.93. The Kier molecular flexibility index (Phi) is 5.59. The fourth-order valence-corrected chi connectivity index (χ4v) is 2.78. The summed E-state index contributed by atoms with van der Waals surface area (Å²) in [6, 6.07) is 7.32. The molecular formula is C16H26O4Si. The molecule has 0 aliphatic heterocycles. The van der Waals surface area contributed by atoms with E-state index in [1.807, 2.05) is 24.3 Å². The molecule has 0 fully saturated rings. The second kappa shape index (κ2) is 6.62. The van der Waals surface area contributed by atoms with E-state index in [0.29, 0.717) is 0 Å². The van der Waals surface area contributed by atoms with Gasteiger partial charge in [-0.2, -0.15) is 0 Å². The summed E-state index contributed by atoms with van der Waals surface area (Å²) in [7, 11) is 0.909. The van der Waals surface area contributed by atoms with E-state index >= 15 is 0 Å².